The van der Waals surface area contributed by atoms with E-state index in [1.165, 1.54) is 32.7 Å². The fraction of sp³-hybridized carbons (Fsp3) is 0.143. The van der Waals surface area contributed by atoms with Gasteiger partial charge in [0, 0.05) is 12.3 Å². The molecule has 0 spiro atoms. The van der Waals surface area contributed by atoms with Crippen LogP contribution in [0.5, 0.6) is 11.5 Å². The zero-order valence-electron chi connectivity index (χ0n) is 12.4. The predicted octanol–water partition coefficient (Wildman–Crippen LogP) is 1.55. The Balaban J connectivity index is 2.00. The molecule has 0 bridgehead atoms. The lowest BCUT2D eigenvalue weighted by atomic mass is 10.3. The van der Waals surface area contributed by atoms with Crippen molar-refractivity contribution in [3.05, 3.63) is 42.9 Å². The Morgan fingerprint density at radius 2 is 1.96 bits per heavy atom. The summed E-state index contributed by atoms with van der Waals surface area (Å²) >= 11 is 0. The van der Waals surface area contributed by atoms with Gasteiger partial charge >= 0.3 is 0 Å². The summed E-state index contributed by atoms with van der Waals surface area (Å²) in [5.41, 5.74) is 0.995. The van der Waals surface area contributed by atoms with Gasteiger partial charge in [0.25, 0.3) is 10.0 Å². The number of hydrogen-bond donors (Lipinski definition) is 1. The van der Waals surface area contributed by atoms with Crippen molar-refractivity contribution in [1.82, 2.24) is 14.6 Å². The van der Waals surface area contributed by atoms with Gasteiger partial charge in [-0.2, -0.15) is 0 Å². The van der Waals surface area contributed by atoms with Crippen LogP contribution in [0.1, 0.15) is 0 Å². The van der Waals surface area contributed by atoms with Crippen molar-refractivity contribution in [3.8, 4) is 11.5 Å². The average molecular weight is 334 g/mol. The highest BCUT2D eigenvalue weighted by molar-refractivity contribution is 7.92. The normalized spacial score (nSPS) is 11.4. The number of sulfonamides is 1. The first-order valence-corrected chi connectivity index (χ1v) is 8.06. The van der Waals surface area contributed by atoms with Crippen LogP contribution in [0.2, 0.25) is 0 Å². The van der Waals surface area contributed by atoms with Crippen molar-refractivity contribution in [1.29, 1.82) is 0 Å². The quantitative estimate of drug-likeness (QED) is 0.760. The van der Waals surface area contributed by atoms with Crippen molar-refractivity contribution in [2.45, 2.75) is 4.90 Å². The molecule has 0 aliphatic heterocycles. The van der Waals surface area contributed by atoms with Crippen LogP contribution in [0.4, 0.5) is 5.69 Å². The molecule has 3 aromatic rings. The number of fused-ring (bicyclic) bond motifs is 1. The van der Waals surface area contributed by atoms with Crippen molar-refractivity contribution in [2.75, 3.05) is 18.9 Å². The van der Waals surface area contributed by atoms with E-state index < -0.39 is 10.0 Å². The summed E-state index contributed by atoms with van der Waals surface area (Å²) < 4.78 is 39.6. The second kappa shape index (κ2) is 5.76. The monoisotopic (exact) mass is 334 g/mol. The lowest BCUT2D eigenvalue weighted by Gasteiger charge is -2.13. The van der Waals surface area contributed by atoms with Crippen molar-refractivity contribution < 1.29 is 17.9 Å². The van der Waals surface area contributed by atoms with E-state index >= 15 is 0 Å². The molecule has 2 heterocycles. The largest absolute Gasteiger partial charge is 0.497 e. The topological polar surface area (TPSA) is 94.8 Å². The third kappa shape index (κ3) is 2.90. The van der Waals surface area contributed by atoms with Gasteiger partial charge in [-0.3, -0.25) is 9.12 Å². The van der Waals surface area contributed by atoms with Crippen LogP contribution >= 0.6 is 0 Å². The number of hydrogen-bond acceptors (Lipinski definition) is 6. The van der Waals surface area contributed by atoms with E-state index in [0.717, 1.165) is 0 Å². The molecule has 0 fully saturated rings. The van der Waals surface area contributed by atoms with Gasteiger partial charge in [0.1, 0.15) is 22.7 Å². The summed E-state index contributed by atoms with van der Waals surface area (Å²) in [6, 6.07) is 7.83. The number of rotatable bonds is 5. The van der Waals surface area contributed by atoms with Crippen LogP contribution < -0.4 is 14.2 Å². The molecule has 0 atom stereocenters. The summed E-state index contributed by atoms with van der Waals surface area (Å²) in [4.78, 5) is -0.0109. The molecule has 0 aliphatic rings. The van der Waals surface area contributed by atoms with Crippen molar-refractivity contribution in [3.63, 3.8) is 0 Å². The Morgan fingerprint density at radius 1 is 1.13 bits per heavy atom. The van der Waals surface area contributed by atoms with E-state index in [1.54, 1.807) is 28.8 Å². The van der Waals surface area contributed by atoms with Crippen molar-refractivity contribution in [2.24, 2.45) is 0 Å². The van der Waals surface area contributed by atoms with E-state index in [9.17, 15) is 8.42 Å². The molecule has 9 heteroatoms. The Bertz CT molecular complexity index is 952. The number of aromatic nitrogens is 3. The highest BCUT2D eigenvalue weighted by Crippen LogP contribution is 2.29. The number of benzene rings is 1. The number of pyridine rings is 1. The van der Waals surface area contributed by atoms with Crippen LogP contribution in [0.15, 0.2) is 47.8 Å². The molecular weight excluding hydrogens is 320 g/mol. The van der Waals surface area contributed by atoms with Gasteiger partial charge in [-0.1, -0.05) is 0 Å². The Labute approximate surface area is 132 Å². The Morgan fingerprint density at radius 3 is 2.70 bits per heavy atom. The SMILES string of the molecule is COc1ccc(OC)c(S(=O)(=O)Nc2ccc3nncn3c2)c1. The first kappa shape index (κ1) is 15.1. The number of anilines is 1. The van der Waals surface area contributed by atoms with Crippen LogP contribution in [-0.2, 0) is 10.0 Å². The van der Waals surface area contributed by atoms with Gasteiger partial charge in [-0.05, 0) is 24.3 Å². The second-order valence-electron chi connectivity index (χ2n) is 4.64. The third-order valence-corrected chi connectivity index (χ3v) is 4.61. The average Bonchev–Trinajstić information content (AvgIpc) is 3.01. The molecule has 0 radical (unpaired) electrons. The van der Waals surface area contributed by atoms with Crippen LogP contribution in [0, 0.1) is 0 Å². The highest BCUT2D eigenvalue weighted by Gasteiger charge is 2.21. The van der Waals surface area contributed by atoms with Gasteiger partial charge in [-0.25, -0.2) is 8.42 Å². The third-order valence-electron chi connectivity index (χ3n) is 3.20. The van der Waals surface area contributed by atoms with E-state index in [2.05, 4.69) is 14.9 Å². The van der Waals surface area contributed by atoms with Gasteiger partial charge < -0.3 is 9.47 Å². The molecule has 0 unspecified atom stereocenters. The van der Waals surface area contributed by atoms with Gasteiger partial charge in [-0.15, -0.1) is 10.2 Å². The minimum absolute atomic E-state index is 0.0109. The molecule has 0 saturated heterocycles. The smallest absolute Gasteiger partial charge is 0.265 e. The van der Waals surface area contributed by atoms with Gasteiger partial charge in [0.2, 0.25) is 0 Å². The van der Waals surface area contributed by atoms with Crippen LogP contribution in [0.3, 0.4) is 0 Å². The zero-order valence-corrected chi connectivity index (χ0v) is 13.2. The number of ether oxygens (including phenoxy) is 2. The molecule has 8 nitrogen and oxygen atoms in total. The molecular formula is C14H14N4O4S. The zero-order chi connectivity index (χ0) is 16.4. The summed E-state index contributed by atoms with van der Waals surface area (Å²) in [7, 11) is -0.979. The van der Waals surface area contributed by atoms with E-state index in [0.29, 0.717) is 17.1 Å². The number of nitrogens with one attached hydrogen (secondary N) is 1. The minimum Gasteiger partial charge on any atom is -0.497 e. The van der Waals surface area contributed by atoms with Gasteiger partial charge in [0.15, 0.2) is 5.65 Å². The first-order valence-electron chi connectivity index (χ1n) is 6.58. The Kier molecular flexibility index (Phi) is 3.78. The first-order chi connectivity index (χ1) is 11.0. The van der Waals surface area contributed by atoms with Crippen LogP contribution in [-0.4, -0.2) is 37.2 Å². The van der Waals surface area contributed by atoms with E-state index in [1.807, 2.05) is 0 Å². The molecule has 1 aromatic carbocycles. The number of methoxy groups -OCH3 is 2. The maximum atomic E-state index is 12.6. The molecule has 3 rings (SSSR count). The molecule has 0 saturated carbocycles. The summed E-state index contributed by atoms with van der Waals surface area (Å²) in [5.74, 6) is 0.643. The molecule has 0 amide bonds. The molecule has 23 heavy (non-hydrogen) atoms. The van der Waals surface area contributed by atoms with Crippen LogP contribution in [0.25, 0.3) is 5.65 Å². The summed E-state index contributed by atoms with van der Waals surface area (Å²) in [5, 5.41) is 7.61. The highest BCUT2D eigenvalue weighted by atomic mass is 32.2. The maximum absolute atomic E-state index is 12.6. The second-order valence-corrected chi connectivity index (χ2v) is 6.29. The minimum atomic E-state index is -3.85. The standard InChI is InChI=1S/C14H14N4O4S/c1-21-11-4-5-12(22-2)13(7-11)23(19,20)17-10-3-6-14-16-15-9-18(14)8-10/h3-9,17H,1-2H3. The molecule has 2 aromatic heterocycles. The van der Waals surface area contributed by atoms with Crippen molar-refractivity contribution >= 4 is 21.4 Å². The van der Waals surface area contributed by atoms with E-state index in [-0.39, 0.29) is 10.6 Å². The lowest BCUT2D eigenvalue weighted by molar-refractivity contribution is 0.392. The lowest BCUT2D eigenvalue weighted by Crippen LogP contribution is -2.14. The fourth-order valence-electron chi connectivity index (χ4n) is 2.09. The maximum Gasteiger partial charge on any atom is 0.265 e. The summed E-state index contributed by atoms with van der Waals surface area (Å²) in [6.07, 6.45) is 3.07. The molecule has 0 aliphatic carbocycles. The number of nitrogens with zero attached hydrogens (tertiary/aromatic N) is 3. The molecule has 1 N–H and O–H groups in total. The van der Waals surface area contributed by atoms with E-state index in [4.69, 9.17) is 9.47 Å². The summed E-state index contributed by atoms with van der Waals surface area (Å²) in [6.45, 7) is 0. The predicted molar refractivity (Wildman–Crippen MR) is 83.3 cm³/mol. The fourth-order valence-corrected chi connectivity index (χ4v) is 3.32. The molecule has 120 valence electrons. The van der Waals surface area contributed by atoms with Gasteiger partial charge in [0.05, 0.1) is 19.9 Å². The Hall–Kier alpha value is -2.81.